The van der Waals surface area contributed by atoms with Crippen LogP contribution in [0.4, 0.5) is 0 Å². The summed E-state index contributed by atoms with van der Waals surface area (Å²) in [6.45, 7) is 2.05. The van der Waals surface area contributed by atoms with E-state index in [4.69, 9.17) is 8.92 Å². The van der Waals surface area contributed by atoms with Crippen LogP contribution in [-0.4, -0.2) is 26.5 Å². The van der Waals surface area contributed by atoms with E-state index in [0.717, 1.165) is 12.0 Å². The maximum atomic E-state index is 12.0. The quantitative estimate of drug-likeness (QED) is 0.834. The van der Waals surface area contributed by atoms with Crippen LogP contribution in [0.25, 0.3) is 0 Å². The Labute approximate surface area is 124 Å². The summed E-state index contributed by atoms with van der Waals surface area (Å²) < 4.78 is 35.5. The van der Waals surface area contributed by atoms with Gasteiger partial charge in [-0.25, -0.2) is 8.98 Å². The van der Waals surface area contributed by atoms with Gasteiger partial charge in [0.1, 0.15) is 6.61 Å². The molecule has 0 saturated carbocycles. The van der Waals surface area contributed by atoms with Crippen molar-refractivity contribution < 1.29 is 22.1 Å². The molecule has 1 unspecified atom stereocenters. The molecule has 1 aromatic rings. The summed E-state index contributed by atoms with van der Waals surface area (Å²) in [5.41, 5.74) is 0.841. The van der Waals surface area contributed by atoms with Crippen LogP contribution in [0.15, 0.2) is 30.3 Å². The first-order valence-electron chi connectivity index (χ1n) is 6.91. The first-order valence-corrected chi connectivity index (χ1v) is 8.32. The molecular formula is C14H19NO5S. The molecular weight excluding hydrogens is 294 g/mol. The Morgan fingerprint density at radius 1 is 1.38 bits per heavy atom. The second-order valence-electron chi connectivity index (χ2n) is 4.97. The largest absolute Gasteiger partial charge is 0.459 e. The van der Waals surface area contributed by atoms with Crippen molar-refractivity contribution in [1.29, 1.82) is 0 Å². The van der Waals surface area contributed by atoms with Crippen molar-refractivity contribution in [1.82, 2.24) is 4.72 Å². The number of carbonyl (C=O) groups excluding carboxylic acids is 1. The summed E-state index contributed by atoms with van der Waals surface area (Å²) in [5.74, 6) is -0.648. The number of hydrogen-bond acceptors (Lipinski definition) is 5. The summed E-state index contributed by atoms with van der Waals surface area (Å²) in [4.78, 5) is 12.0. The van der Waals surface area contributed by atoms with Crippen LogP contribution < -0.4 is 4.72 Å². The van der Waals surface area contributed by atoms with E-state index in [1.807, 2.05) is 37.3 Å². The maximum absolute atomic E-state index is 12.0. The monoisotopic (exact) mass is 313 g/mol. The Hall–Kier alpha value is -1.44. The molecule has 2 rings (SSSR count). The Kier molecular flexibility index (Phi) is 5.33. The first kappa shape index (κ1) is 15.9. The van der Waals surface area contributed by atoms with E-state index >= 15 is 0 Å². The van der Waals surface area contributed by atoms with Gasteiger partial charge in [-0.05, 0) is 12.0 Å². The van der Waals surface area contributed by atoms with E-state index in [9.17, 15) is 13.2 Å². The standard InChI is InChI=1S/C14H19NO5S/c1-2-6-12-9-13(20-21(17,18)15-12)14(16)19-10-11-7-4-3-5-8-11/h3-5,7-8,12-13,15H,2,6,9-10H2,1H3/t12?,13-/m1/s1. The lowest BCUT2D eigenvalue weighted by molar-refractivity contribution is -0.154. The van der Waals surface area contributed by atoms with Crippen molar-refractivity contribution in [2.75, 3.05) is 0 Å². The predicted molar refractivity (Wildman–Crippen MR) is 76.5 cm³/mol. The van der Waals surface area contributed by atoms with Gasteiger partial charge < -0.3 is 4.74 Å². The van der Waals surface area contributed by atoms with Gasteiger partial charge >= 0.3 is 16.3 Å². The number of hydrogen-bond donors (Lipinski definition) is 1. The summed E-state index contributed by atoms with van der Waals surface area (Å²) in [5, 5.41) is 0. The molecule has 0 spiro atoms. The van der Waals surface area contributed by atoms with Crippen LogP contribution in [0.3, 0.4) is 0 Å². The van der Waals surface area contributed by atoms with Gasteiger partial charge in [0, 0.05) is 12.5 Å². The SMILES string of the molecule is CCCC1C[C@H](C(=O)OCc2ccccc2)OS(=O)(=O)N1. The van der Waals surface area contributed by atoms with E-state index in [-0.39, 0.29) is 12.6 Å². The molecule has 0 bridgehead atoms. The van der Waals surface area contributed by atoms with Crippen LogP contribution in [-0.2, 0) is 30.6 Å². The lowest BCUT2D eigenvalue weighted by Gasteiger charge is -2.28. The minimum Gasteiger partial charge on any atom is -0.459 e. The summed E-state index contributed by atoms with van der Waals surface area (Å²) >= 11 is 0. The lowest BCUT2D eigenvalue weighted by atomic mass is 10.1. The number of rotatable bonds is 5. The van der Waals surface area contributed by atoms with Crippen LogP contribution in [0.5, 0.6) is 0 Å². The third kappa shape index (κ3) is 4.80. The highest BCUT2D eigenvalue weighted by Gasteiger charge is 2.36. The highest BCUT2D eigenvalue weighted by Crippen LogP contribution is 2.19. The number of nitrogens with one attached hydrogen (secondary N) is 1. The van der Waals surface area contributed by atoms with Gasteiger partial charge in [0.15, 0.2) is 6.10 Å². The predicted octanol–water partition coefficient (Wildman–Crippen LogP) is 1.52. The zero-order chi connectivity index (χ0) is 15.3. The first-order chi connectivity index (χ1) is 10.00. The van der Waals surface area contributed by atoms with Crippen LogP contribution in [0.2, 0.25) is 0 Å². The average molecular weight is 313 g/mol. The van der Waals surface area contributed by atoms with Crippen molar-refractivity contribution in [3.8, 4) is 0 Å². The number of ether oxygens (including phenoxy) is 1. The minimum atomic E-state index is -3.88. The second-order valence-corrected chi connectivity index (χ2v) is 6.31. The fourth-order valence-electron chi connectivity index (χ4n) is 2.21. The van der Waals surface area contributed by atoms with E-state index in [0.29, 0.717) is 12.8 Å². The van der Waals surface area contributed by atoms with E-state index in [1.54, 1.807) is 0 Å². The van der Waals surface area contributed by atoms with E-state index in [2.05, 4.69) is 4.72 Å². The molecule has 1 N–H and O–H groups in total. The molecule has 21 heavy (non-hydrogen) atoms. The second kappa shape index (κ2) is 7.02. The molecule has 1 aromatic carbocycles. The summed E-state index contributed by atoms with van der Waals surface area (Å²) in [7, 11) is -3.88. The summed E-state index contributed by atoms with van der Waals surface area (Å²) in [6.07, 6.45) is 0.696. The molecule has 6 nitrogen and oxygen atoms in total. The fraction of sp³-hybridized carbons (Fsp3) is 0.500. The molecule has 1 fully saturated rings. The van der Waals surface area contributed by atoms with E-state index in [1.165, 1.54) is 0 Å². The third-order valence-corrected chi connectivity index (χ3v) is 4.28. The van der Waals surface area contributed by atoms with Gasteiger partial charge in [-0.15, -0.1) is 0 Å². The van der Waals surface area contributed by atoms with Crippen molar-refractivity contribution in [3.05, 3.63) is 35.9 Å². The maximum Gasteiger partial charge on any atom is 0.337 e. The van der Waals surface area contributed by atoms with Gasteiger partial charge in [-0.1, -0.05) is 43.7 Å². The number of benzene rings is 1. The highest BCUT2D eigenvalue weighted by molar-refractivity contribution is 7.84. The Bertz CT molecular complexity index is 572. The number of carbonyl (C=O) groups is 1. The van der Waals surface area contributed by atoms with Gasteiger partial charge in [0.05, 0.1) is 0 Å². The zero-order valence-electron chi connectivity index (χ0n) is 11.8. The zero-order valence-corrected chi connectivity index (χ0v) is 12.6. The van der Waals surface area contributed by atoms with Crippen molar-refractivity contribution >= 4 is 16.3 Å². The summed E-state index contributed by atoms with van der Waals surface area (Å²) in [6, 6.07) is 8.91. The van der Waals surface area contributed by atoms with Crippen LogP contribution >= 0.6 is 0 Å². The topological polar surface area (TPSA) is 81.7 Å². The molecule has 1 aliphatic rings. The van der Waals surface area contributed by atoms with Gasteiger partial charge in [0.2, 0.25) is 0 Å². The van der Waals surface area contributed by atoms with Crippen molar-refractivity contribution in [3.63, 3.8) is 0 Å². The molecule has 0 aliphatic carbocycles. The molecule has 1 heterocycles. The molecule has 0 aromatic heterocycles. The molecule has 2 atom stereocenters. The molecule has 0 radical (unpaired) electrons. The number of esters is 1. The molecule has 7 heteroatoms. The average Bonchev–Trinajstić information content (AvgIpc) is 2.44. The highest BCUT2D eigenvalue weighted by atomic mass is 32.2. The van der Waals surface area contributed by atoms with Crippen molar-refractivity contribution in [2.45, 2.75) is 44.9 Å². The van der Waals surface area contributed by atoms with Crippen molar-refractivity contribution in [2.24, 2.45) is 0 Å². The third-order valence-electron chi connectivity index (χ3n) is 3.18. The van der Waals surface area contributed by atoms with E-state index < -0.39 is 22.4 Å². The molecule has 1 aliphatic heterocycles. The molecule has 1 saturated heterocycles. The minimum absolute atomic E-state index is 0.103. The van der Waals surface area contributed by atoms with Gasteiger partial charge in [-0.3, -0.25) is 0 Å². The van der Waals surface area contributed by atoms with Crippen LogP contribution in [0, 0.1) is 0 Å². The Balaban J connectivity index is 1.94. The normalized spacial score (nSPS) is 24.4. The van der Waals surface area contributed by atoms with Gasteiger partial charge in [-0.2, -0.15) is 13.1 Å². The smallest absolute Gasteiger partial charge is 0.337 e. The Morgan fingerprint density at radius 3 is 2.76 bits per heavy atom. The molecule has 0 amide bonds. The van der Waals surface area contributed by atoms with Crippen LogP contribution in [0.1, 0.15) is 31.7 Å². The Morgan fingerprint density at radius 2 is 2.10 bits per heavy atom. The fourth-order valence-corrected chi connectivity index (χ4v) is 3.35. The lowest BCUT2D eigenvalue weighted by Crippen LogP contribution is -2.48. The molecule has 116 valence electrons. The van der Waals surface area contributed by atoms with Gasteiger partial charge in [0.25, 0.3) is 0 Å².